The van der Waals surface area contributed by atoms with Crippen molar-refractivity contribution < 1.29 is 79.6 Å². The Labute approximate surface area is 205 Å². The van der Waals surface area contributed by atoms with Crippen LogP contribution >= 0.6 is 0 Å². The van der Waals surface area contributed by atoms with Gasteiger partial charge in [0.25, 0.3) is 0 Å². The van der Waals surface area contributed by atoms with Crippen LogP contribution in [0.25, 0.3) is 10.9 Å². The third kappa shape index (κ3) is 6.53. The zero-order valence-electron chi connectivity index (χ0n) is 15.1. The molecule has 2 bridgehead atoms. The summed E-state index contributed by atoms with van der Waals surface area (Å²) in [7, 11) is 1.59. The van der Waals surface area contributed by atoms with Gasteiger partial charge in [0.1, 0.15) is 11.4 Å². The van der Waals surface area contributed by atoms with Crippen molar-refractivity contribution in [2.45, 2.75) is 0 Å². The molecule has 3 aromatic rings. The van der Waals surface area contributed by atoms with Crippen molar-refractivity contribution in [1.82, 2.24) is 4.98 Å². The molecule has 0 radical (unpaired) electrons. The first-order valence-electron chi connectivity index (χ1n) is 7.49. The summed E-state index contributed by atoms with van der Waals surface area (Å²) in [6.07, 6.45) is 0. The molecule has 1 aromatic heterocycles. The number of benzene rings is 2. The Balaban J connectivity index is 0.000000244. The minimum absolute atomic E-state index is 0. The van der Waals surface area contributed by atoms with Gasteiger partial charge in [0, 0.05) is 16.7 Å². The van der Waals surface area contributed by atoms with Crippen LogP contribution in [0.3, 0.4) is 0 Å². The van der Waals surface area contributed by atoms with Gasteiger partial charge < -0.3 is 14.4 Å². The van der Waals surface area contributed by atoms with Gasteiger partial charge in [-0.25, -0.2) is 9.78 Å². The van der Waals surface area contributed by atoms with Gasteiger partial charge in [-0.2, -0.15) is 0 Å². The molecule has 0 saturated carbocycles. The second-order valence-electron chi connectivity index (χ2n) is 5.20. The van der Waals surface area contributed by atoms with E-state index in [0.717, 1.165) is 10.9 Å². The molecule has 1 unspecified atom stereocenters. The second-order valence-corrected chi connectivity index (χ2v) is 5.72. The van der Waals surface area contributed by atoms with Gasteiger partial charge in [0.15, 0.2) is 0 Å². The van der Waals surface area contributed by atoms with E-state index in [4.69, 9.17) is 18.6 Å². The van der Waals surface area contributed by atoms with Crippen LogP contribution in [0.1, 0.15) is 26.4 Å². The van der Waals surface area contributed by atoms with Gasteiger partial charge >= 0.3 is 57.4 Å². The first-order valence-corrected chi connectivity index (χ1v) is 8.62. The van der Waals surface area contributed by atoms with E-state index >= 15 is 0 Å². The topological polar surface area (TPSA) is 143 Å². The van der Waals surface area contributed by atoms with Crippen LogP contribution in [-0.2, 0) is 11.3 Å². The molecule has 8 nitrogen and oxygen atoms in total. The van der Waals surface area contributed by atoms with Crippen molar-refractivity contribution in [2.75, 3.05) is 7.11 Å². The summed E-state index contributed by atoms with van der Waals surface area (Å²) >= 11 is -2.36. The quantitative estimate of drug-likeness (QED) is 0.306. The van der Waals surface area contributed by atoms with E-state index in [2.05, 4.69) is 10.1 Å². The number of carboxylic acid groups (broad SMARTS) is 1. The van der Waals surface area contributed by atoms with Crippen LogP contribution < -0.4 is 61.3 Å². The number of aromatic nitrogens is 1. The van der Waals surface area contributed by atoms with Gasteiger partial charge in [-0.3, -0.25) is 14.1 Å². The maximum atomic E-state index is 11.7. The smallest absolute Gasteiger partial charge is 0.760 e. The van der Waals surface area contributed by atoms with Gasteiger partial charge in [0.2, 0.25) is 5.78 Å². The maximum absolute atomic E-state index is 11.7. The Morgan fingerprint density at radius 1 is 1.18 bits per heavy atom. The molecule has 1 atom stereocenters. The number of fused-ring (bicyclic) bond motifs is 1. The van der Waals surface area contributed by atoms with Crippen molar-refractivity contribution in [3.63, 3.8) is 0 Å². The van der Waals surface area contributed by atoms with E-state index in [0.29, 0.717) is 22.6 Å². The van der Waals surface area contributed by atoms with E-state index in [1.807, 2.05) is 12.1 Å². The molecule has 10 heteroatoms. The number of hydrogen-bond acceptors (Lipinski definition) is 6. The number of rotatable bonds is 2. The molecule has 4 rings (SSSR count). The standard InChI is InChI=1S/C11H7NO2.C7H6O2.K.H3NO2S/c1-14-7-4-6-2-3-9-11(13)8(5-7)10(6)12-9;8-7(9)6-4-2-1-3-5-6;;1-4(2)3/h2-5H,1H3;1-5H,(H,8,9);;1H2,(H,2,3)/q;;+1;/p-1. The van der Waals surface area contributed by atoms with E-state index in [9.17, 15) is 9.59 Å². The second kappa shape index (κ2) is 11.5. The molecule has 0 fully saturated rings. The van der Waals surface area contributed by atoms with Gasteiger partial charge in [0.05, 0.1) is 23.8 Å². The zero-order valence-corrected chi connectivity index (χ0v) is 19.1. The zero-order chi connectivity index (χ0) is 20.0. The fourth-order valence-electron chi connectivity index (χ4n) is 2.34. The third-order valence-corrected chi connectivity index (χ3v) is 3.50. The minimum Gasteiger partial charge on any atom is -0.760 e. The first kappa shape index (κ1) is 24.5. The van der Waals surface area contributed by atoms with Gasteiger partial charge in [-0.05, 0) is 30.3 Å². The number of carbonyl (C=O) groups is 2. The predicted octanol–water partition coefficient (Wildman–Crippen LogP) is -1.08. The summed E-state index contributed by atoms with van der Waals surface area (Å²) in [5.41, 5.74) is 2.30. The van der Waals surface area contributed by atoms with Crippen LogP contribution in [0.4, 0.5) is 0 Å². The SMILES string of the molecule is COc1cc2c3nc(ccc3c1)C2=O.NS(=O)[O-].O=C(O)c1ccccc1.[K+]. The number of pyridine rings is 1. The number of ketones is 1. The molecule has 2 heterocycles. The summed E-state index contributed by atoms with van der Waals surface area (Å²) in [5, 5.41) is 13.4. The van der Waals surface area contributed by atoms with Crippen LogP contribution in [0, 0.1) is 0 Å². The fourth-order valence-corrected chi connectivity index (χ4v) is 2.34. The van der Waals surface area contributed by atoms with E-state index < -0.39 is 17.2 Å². The van der Waals surface area contributed by atoms with Crippen LogP contribution in [-0.4, -0.2) is 37.7 Å². The minimum atomic E-state index is -2.36. The summed E-state index contributed by atoms with van der Waals surface area (Å²) in [6, 6.07) is 15.6. The average molecular weight is 426 g/mol. The van der Waals surface area contributed by atoms with Crippen LogP contribution in [0.5, 0.6) is 5.75 Å². The number of carboxylic acids is 1. The maximum Gasteiger partial charge on any atom is 1.00 e. The molecule has 0 aliphatic carbocycles. The summed E-state index contributed by atoms with van der Waals surface area (Å²) in [6.45, 7) is 0. The van der Waals surface area contributed by atoms with Crippen molar-refractivity contribution >= 4 is 33.9 Å². The Morgan fingerprint density at radius 3 is 2.29 bits per heavy atom. The average Bonchev–Trinajstić information content (AvgIpc) is 2.95. The Hall–Kier alpha value is -1.50. The predicted molar refractivity (Wildman–Crippen MR) is 98.2 cm³/mol. The van der Waals surface area contributed by atoms with Crippen LogP contribution in [0.2, 0.25) is 0 Å². The summed E-state index contributed by atoms with van der Waals surface area (Å²) < 4.78 is 22.7. The van der Waals surface area contributed by atoms with E-state index in [1.165, 1.54) is 0 Å². The van der Waals surface area contributed by atoms with Crippen molar-refractivity contribution in [3.05, 3.63) is 71.4 Å². The molecule has 140 valence electrons. The fraction of sp³-hybridized carbons (Fsp3) is 0.0556. The number of carbonyl (C=O) groups excluding carboxylic acids is 1. The van der Waals surface area contributed by atoms with Crippen molar-refractivity contribution in [2.24, 2.45) is 5.14 Å². The molecule has 0 amide bonds. The first-order chi connectivity index (χ1) is 12.8. The molecule has 0 saturated heterocycles. The molecule has 28 heavy (non-hydrogen) atoms. The Morgan fingerprint density at radius 2 is 1.79 bits per heavy atom. The Bertz CT molecular complexity index is 1010. The normalized spacial score (nSPS) is 11.5. The summed E-state index contributed by atoms with van der Waals surface area (Å²) in [4.78, 5) is 26.1. The van der Waals surface area contributed by atoms with Gasteiger partial charge in [-0.15, -0.1) is 0 Å². The molecule has 1 aliphatic heterocycles. The number of aromatic carboxylic acids is 1. The Kier molecular flexibility index (Phi) is 10.1. The molecule has 3 N–H and O–H groups in total. The number of hydrogen-bond donors (Lipinski definition) is 2. The molecule has 2 aromatic carbocycles. The molecule has 1 aliphatic rings. The molecular formula is C18H15KN2O6S. The van der Waals surface area contributed by atoms with E-state index in [-0.39, 0.29) is 57.2 Å². The van der Waals surface area contributed by atoms with E-state index in [1.54, 1.807) is 49.6 Å². The molecular weight excluding hydrogens is 411 g/mol. The number of ether oxygens (including phenoxy) is 1. The largest absolute Gasteiger partial charge is 1.00 e. The number of methoxy groups -OCH3 is 1. The molecule has 0 spiro atoms. The van der Waals surface area contributed by atoms with Crippen molar-refractivity contribution in [1.29, 1.82) is 0 Å². The number of nitrogens with zero attached hydrogens (tertiary/aromatic N) is 1. The van der Waals surface area contributed by atoms with Crippen LogP contribution in [0.15, 0.2) is 54.6 Å². The third-order valence-electron chi connectivity index (χ3n) is 3.50. The monoisotopic (exact) mass is 426 g/mol. The van der Waals surface area contributed by atoms with Crippen molar-refractivity contribution in [3.8, 4) is 5.75 Å². The van der Waals surface area contributed by atoms with Gasteiger partial charge in [-0.1, -0.05) is 24.3 Å². The summed E-state index contributed by atoms with van der Waals surface area (Å²) in [5.74, 6) is -0.181. The number of nitrogens with two attached hydrogens (primary N) is 1.